The number of hydrogen-bond donors (Lipinski definition) is 0. The lowest BCUT2D eigenvalue weighted by Gasteiger charge is -2.18. The van der Waals surface area contributed by atoms with E-state index in [-0.39, 0.29) is 11.7 Å². The number of thiophene rings is 1. The molecule has 0 radical (unpaired) electrons. The molecule has 2 aromatic heterocycles. The van der Waals surface area contributed by atoms with Gasteiger partial charge >= 0.3 is 0 Å². The molecule has 1 aliphatic rings. The first-order valence-corrected chi connectivity index (χ1v) is 9.81. The quantitative estimate of drug-likeness (QED) is 0.747. The molecule has 0 N–H and O–H groups in total. The summed E-state index contributed by atoms with van der Waals surface area (Å²) < 4.78 is 5.74. The molecule has 3 heterocycles. The number of amides is 1. The van der Waals surface area contributed by atoms with E-state index in [0.29, 0.717) is 34.7 Å². The van der Waals surface area contributed by atoms with Crippen molar-refractivity contribution >= 4 is 34.8 Å². The number of hydrogen-bond acceptors (Lipinski definition) is 6. The number of thioether (sulfide) groups is 1. The van der Waals surface area contributed by atoms with Crippen molar-refractivity contribution in [3.05, 3.63) is 40.1 Å². The van der Waals surface area contributed by atoms with Gasteiger partial charge in [0.05, 0.1) is 22.2 Å². The Morgan fingerprint density at radius 1 is 1.44 bits per heavy atom. The lowest BCUT2D eigenvalue weighted by atomic mass is 9.91. The maximum Gasteiger partial charge on any atom is 0.238 e. The standard InChI is InChI=1S/C18H20N2O3S2/c1-11-12(19-17(23-11)13-6-5-7-24-13)9-20-15(22)10-25-16(20)8-14(21)18(2,3)4/h5-8H,9-10H2,1-4H3/b16-8-. The molecule has 0 aromatic carbocycles. The van der Waals surface area contributed by atoms with Gasteiger partial charge in [-0.1, -0.05) is 38.6 Å². The van der Waals surface area contributed by atoms with Crippen LogP contribution < -0.4 is 0 Å². The molecule has 0 unspecified atom stereocenters. The summed E-state index contributed by atoms with van der Waals surface area (Å²) in [5, 5.41) is 2.65. The highest BCUT2D eigenvalue weighted by Gasteiger charge is 2.30. The minimum absolute atomic E-state index is 0.00542. The van der Waals surface area contributed by atoms with Crippen molar-refractivity contribution in [1.29, 1.82) is 0 Å². The van der Waals surface area contributed by atoms with Crippen LogP contribution in [0.2, 0.25) is 0 Å². The molecule has 1 saturated heterocycles. The third-order valence-electron chi connectivity index (χ3n) is 3.84. The van der Waals surface area contributed by atoms with E-state index in [1.807, 2.05) is 45.2 Å². The van der Waals surface area contributed by atoms with Gasteiger partial charge in [0.2, 0.25) is 11.8 Å². The summed E-state index contributed by atoms with van der Waals surface area (Å²) >= 11 is 2.95. The van der Waals surface area contributed by atoms with Gasteiger partial charge in [-0.3, -0.25) is 14.5 Å². The first kappa shape index (κ1) is 17.9. The Morgan fingerprint density at radius 3 is 2.84 bits per heavy atom. The Kier molecular flexibility index (Phi) is 4.88. The number of carbonyl (C=O) groups is 2. The molecule has 3 rings (SSSR count). The summed E-state index contributed by atoms with van der Waals surface area (Å²) in [5.74, 6) is 1.59. The number of nitrogens with zero attached hydrogens (tertiary/aromatic N) is 2. The highest BCUT2D eigenvalue weighted by atomic mass is 32.2. The van der Waals surface area contributed by atoms with Crippen LogP contribution in [0.4, 0.5) is 0 Å². The highest BCUT2D eigenvalue weighted by molar-refractivity contribution is 8.04. The molecule has 0 aliphatic carbocycles. The minimum Gasteiger partial charge on any atom is -0.440 e. The number of aromatic nitrogens is 1. The molecule has 1 amide bonds. The van der Waals surface area contributed by atoms with Crippen molar-refractivity contribution in [2.24, 2.45) is 5.41 Å². The van der Waals surface area contributed by atoms with E-state index in [2.05, 4.69) is 4.98 Å². The second-order valence-corrected chi connectivity index (χ2v) is 8.81. The van der Waals surface area contributed by atoms with E-state index in [9.17, 15) is 9.59 Å². The summed E-state index contributed by atoms with van der Waals surface area (Å²) in [6, 6.07) is 3.89. The van der Waals surface area contributed by atoms with Gasteiger partial charge in [0.1, 0.15) is 11.5 Å². The molecule has 0 spiro atoms. The monoisotopic (exact) mass is 376 g/mol. The van der Waals surface area contributed by atoms with Crippen LogP contribution in [0.3, 0.4) is 0 Å². The third kappa shape index (κ3) is 3.88. The highest BCUT2D eigenvalue weighted by Crippen LogP contribution is 2.33. The van der Waals surface area contributed by atoms with E-state index in [0.717, 1.165) is 4.88 Å². The molecule has 0 bridgehead atoms. The van der Waals surface area contributed by atoms with Gasteiger partial charge in [-0.25, -0.2) is 4.98 Å². The largest absolute Gasteiger partial charge is 0.440 e. The normalized spacial score (nSPS) is 16.9. The molecule has 5 nitrogen and oxygen atoms in total. The van der Waals surface area contributed by atoms with Crippen LogP contribution in [0.1, 0.15) is 32.2 Å². The zero-order valence-corrected chi connectivity index (χ0v) is 16.3. The van der Waals surface area contributed by atoms with Crippen molar-refractivity contribution in [2.75, 3.05) is 5.75 Å². The van der Waals surface area contributed by atoms with Crippen molar-refractivity contribution in [2.45, 2.75) is 34.2 Å². The van der Waals surface area contributed by atoms with Crippen LogP contribution in [0, 0.1) is 12.3 Å². The fourth-order valence-corrected chi connectivity index (χ4v) is 3.85. The van der Waals surface area contributed by atoms with Gasteiger partial charge < -0.3 is 4.42 Å². The van der Waals surface area contributed by atoms with Crippen LogP contribution in [-0.2, 0) is 16.1 Å². The second-order valence-electron chi connectivity index (χ2n) is 6.86. The number of rotatable bonds is 4. The molecule has 1 aliphatic heterocycles. The van der Waals surface area contributed by atoms with Crippen LogP contribution in [0.5, 0.6) is 0 Å². The number of oxazole rings is 1. The lowest BCUT2D eigenvalue weighted by molar-refractivity contribution is -0.125. The zero-order valence-electron chi connectivity index (χ0n) is 14.7. The SMILES string of the molecule is Cc1oc(-c2cccs2)nc1CN1C(=O)CS/C1=C\C(=O)C(C)(C)C. The van der Waals surface area contributed by atoms with Crippen LogP contribution >= 0.6 is 23.1 Å². The smallest absolute Gasteiger partial charge is 0.238 e. The van der Waals surface area contributed by atoms with E-state index < -0.39 is 5.41 Å². The fraction of sp³-hybridized carbons (Fsp3) is 0.389. The van der Waals surface area contributed by atoms with Crippen molar-refractivity contribution in [1.82, 2.24) is 9.88 Å². The molecular weight excluding hydrogens is 356 g/mol. The Hall–Kier alpha value is -1.86. The molecule has 25 heavy (non-hydrogen) atoms. The predicted octanol–water partition coefficient (Wildman–Crippen LogP) is 4.24. The summed E-state index contributed by atoms with van der Waals surface area (Å²) in [7, 11) is 0. The topological polar surface area (TPSA) is 63.4 Å². The summed E-state index contributed by atoms with van der Waals surface area (Å²) in [6.07, 6.45) is 1.57. The minimum atomic E-state index is -0.471. The number of ketones is 1. The third-order valence-corrected chi connectivity index (χ3v) is 5.72. The van der Waals surface area contributed by atoms with Gasteiger partial charge in [-0.15, -0.1) is 11.3 Å². The summed E-state index contributed by atoms with van der Waals surface area (Å²) in [6.45, 7) is 7.76. The molecule has 0 atom stereocenters. The molecule has 0 saturated carbocycles. The molecule has 132 valence electrons. The van der Waals surface area contributed by atoms with E-state index in [1.165, 1.54) is 11.8 Å². The van der Waals surface area contributed by atoms with E-state index >= 15 is 0 Å². The Bertz CT molecular complexity index is 829. The first-order valence-electron chi connectivity index (χ1n) is 7.95. The maximum atomic E-state index is 12.3. The predicted molar refractivity (Wildman–Crippen MR) is 100 cm³/mol. The van der Waals surface area contributed by atoms with Crippen molar-refractivity contribution < 1.29 is 14.0 Å². The van der Waals surface area contributed by atoms with Crippen molar-refractivity contribution in [3.8, 4) is 10.8 Å². The summed E-state index contributed by atoms with van der Waals surface area (Å²) in [4.78, 5) is 31.7. The van der Waals surface area contributed by atoms with Gasteiger partial charge in [0.25, 0.3) is 0 Å². The van der Waals surface area contributed by atoms with Crippen LogP contribution in [0.15, 0.2) is 33.0 Å². The van der Waals surface area contributed by atoms with Crippen molar-refractivity contribution in [3.63, 3.8) is 0 Å². The fourth-order valence-electron chi connectivity index (χ4n) is 2.26. The number of aryl methyl sites for hydroxylation is 1. The van der Waals surface area contributed by atoms with E-state index in [1.54, 1.807) is 22.3 Å². The zero-order chi connectivity index (χ0) is 18.2. The Morgan fingerprint density at radius 2 is 2.20 bits per heavy atom. The number of allylic oxidation sites excluding steroid dienone is 1. The van der Waals surface area contributed by atoms with E-state index in [4.69, 9.17) is 4.42 Å². The average Bonchev–Trinajstić information content (AvgIpc) is 3.23. The molecule has 7 heteroatoms. The molecular formula is C18H20N2O3S2. The second kappa shape index (κ2) is 6.80. The maximum absolute atomic E-state index is 12.3. The van der Waals surface area contributed by atoms with Crippen LogP contribution in [-0.4, -0.2) is 27.3 Å². The number of carbonyl (C=O) groups excluding carboxylic acids is 2. The summed E-state index contributed by atoms with van der Waals surface area (Å²) in [5.41, 5.74) is 0.245. The van der Waals surface area contributed by atoms with Gasteiger partial charge in [-0.05, 0) is 18.4 Å². The first-order chi connectivity index (χ1) is 11.8. The average molecular weight is 377 g/mol. The Balaban J connectivity index is 1.84. The Labute approximate surface area is 155 Å². The van der Waals surface area contributed by atoms with Gasteiger partial charge in [0, 0.05) is 11.5 Å². The van der Waals surface area contributed by atoms with Gasteiger partial charge in [-0.2, -0.15) is 0 Å². The van der Waals surface area contributed by atoms with Gasteiger partial charge in [0.15, 0.2) is 5.78 Å². The van der Waals surface area contributed by atoms with Crippen LogP contribution in [0.25, 0.3) is 10.8 Å². The lowest BCUT2D eigenvalue weighted by Crippen LogP contribution is -2.26. The molecule has 2 aromatic rings. The molecule has 1 fully saturated rings.